The summed E-state index contributed by atoms with van der Waals surface area (Å²) >= 11 is 3.48. The molecule has 1 aliphatic carbocycles. The van der Waals surface area contributed by atoms with E-state index in [1.807, 2.05) is 17.8 Å². The SMILES string of the molecule is CCSc1ncnc2c1cnn2-c1nc(C)nc2sc3c(c12)-c1ccccc1CC3. The molecular weight excluding hydrogens is 412 g/mol. The number of thioether (sulfide) groups is 1. The summed E-state index contributed by atoms with van der Waals surface area (Å²) in [7, 11) is 0. The van der Waals surface area contributed by atoms with E-state index in [0.29, 0.717) is 0 Å². The fourth-order valence-corrected chi connectivity index (χ4v) is 6.13. The number of hydrogen-bond donors (Lipinski definition) is 0. The Bertz CT molecular complexity index is 1430. The zero-order chi connectivity index (χ0) is 20.2. The van der Waals surface area contributed by atoms with Gasteiger partial charge in [0.15, 0.2) is 11.5 Å². The second-order valence-corrected chi connectivity index (χ2v) is 9.57. The van der Waals surface area contributed by atoms with Crippen LogP contribution in [-0.2, 0) is 12.8 Å². The number of benzene rings is 1. The predicted molar refractivity (Wildman–Crippen MR) is 122 cm³/mol. The van der Waals surface area contributed by atoms with Crippen molar-refractivity contribution in [2.75, 3.05) is 5.75 Å². The molecule has 0 saturated heterocycles. The van der Waals surface area contributed by atoms with Crippen molar-refractivity contribution in [2.24, 2.45) is 0 Å². The predicted octanol–water partition coefficient (Wildman–Crippen LogP) is 5.01. The minimum Gasteiger partial charge on any atom is -0.229 e. The van der Waals surface area contributed by atoms with Gasteiger partial charge in [0.1, 0.15) is 22.0 Å². The van der Waals surface area contributed by atoms with Gasteiger partial charge in [-0.1, -0.05) is 31.2 Å². The topological polar surface area (TPSA) is 69.4 Å². The summed E-state index contributed by atoms with van der Waals surface area (Å²) in [5, 5.41) is 7.68. The molecule has 4 aromatic heterocycles. The molecule has 148 valence electrons. The maximum atomic E-state index is 4.85. The minimum atomic E-state index is 0.741. The smallest absolute Gasteiger partial charge is 0.169 e. The molecule has 5 aromatic rings. The van der Waals surface area contributed by atoms with E-state index in [9.17, 15) is 0 Å². The molecule has 0 radical (unpaired) electrons. The van der Waals surface area contributed by atoms with E-state index in [4.69, 9.17) is 15.1 Å². The van der Waals surface area contributed by atoms with Gasteiger partial charge in [-0.25, -0.2) is 19.9 Å². The van der Waals surface area contributed by atoms with Gasteiger partial charge in [0.25, 0.3) is 0 Å². The van der Waals surface area contributed by atoms with E-state index in [2.05, 4.69) is 41.2 Å². The number of hydrogen-bond acceptors (Lipinski definition) is 7. The number of aromatic nitrogens is 6. The van der Waals surface area contributed by atoms with Crippen molar-refractivity contribution in [1.29, 1.82) is 0 Å². The highest BCUT2D eigenvalue weighted by molar-refractivity contribution is 7.99. The van der Waals surface area contributed by atoms with Crippen LogP contribution in [0, 0.1) is 6.92 Å². The number of aryl methyl sites for hydroxylation is 3. The molecule has 4 heterocycles. The molecule has 0 saturated carbocycles. The van der Waals surface area contributed by atoms with E-state index in [0.717, 1.165) is 56.5 Å². The molecule has 0 spiro atoms. The van der Waals surface area contributed by atoms with Gasteiger partial charge in [-0.3, -0.25) is 0 Å². The van der Waals surface area contributed by atoms with Gasteiger partial charge in [0.2, 0.25) is 0 Å². The summed E-state index contributed by atoms with van der Waals surface area (Å²) in [5.74, 6) is 2.49. The highest BCUT2D eigenvalue weighted by Crippen LogP contribution is 2.45. The largest absolute Gasteiger partial charge is 0.229 e. The average molecular weight is 431 g/mol. The van der Waals surface area contributed by atoms with Crippen molar-refractivity contribution in [3.05, 3.63) is 53.1 Å². The summed E-state index contributed by atoms with van der Waals surface area (Å²) in [6, 6.07) is 8.66. The van der Waals surface area contributed by atoms with Crippen molar-refractivity contribution in [3.8, 4) is 16.9 Å². The van der Waals surface area contributed by atoms with Gasteiger partial charge in [-0.05, 0) is 36.6 Å². The highest BCUT2D eigenvalue weighted by atomic mass is 32.2. The quantitative estimate of drug-likeness (QED) is 0.296. The first-order chi connectivity index (χ1) is 14.7. The van der Waals surface area contributed by atoms with Crippen LogP contribution in [-0.4, -0.2) is 35.5 Å². The molecule has 0 aliphatic heterocycles. The highest BCUT2D eigenvalue weighted by Gasteiger charge is 2.26. The first kappa shape index (κ1) is 18.0. The van der Waals surface area contributed by atoms with Crippen LogP contribution in [0.2, 0.25) is 0 Å². The van der Waals surface area contributed by atoms with Crippen LogP contribution in [0.1, 0.15) is 23.2 Å². The fraction of sp³-hybridized carbons (Fsp3) is 0.227. The molecule has 6 rings (SSSR count). The standard InChI is InChI=1S/C22H18N6S2/c1-3-29-21-15-10-25-28(19(15)23-11-24-21)20-18-17-14-7-5-4-6-13(14)8-9-16(17)30-22(18)27-12(2)26-20/h4-7,10-11H,3,8-9H2,1-2H3. The van der Waals surface area contributed by atoms with Crippen LogP contribution in [0.4, 0.5) is 0 Å². The monoisotopic (exact) mass is 430 g/mol. The van der Waals surface area contributed by atoms with Crippen molar-refractivity contribution in [2.45, 2.75) is 31.7 Å². The van der Waals surface area contributed by atoms with E-state index in [1.54, 1.807) is 29.4 Å². The summed E-state index contributed by atoms with van der Waals surface area (Å²) in [6.07, 6.45) is 5.56. The zero-order valence-electron chi connectivity index (χ0n) is 16.6. The molecule has 8 heteroatoms. The second-order valence-electron chi connectivity index (χ2n) is 7.24. The molecule has 1 aliphatic rings. The Morgan fingerprint density at radius 1 is 1.13 bits per heavy atom. The Balaban J connectivity index is 1.69. The van der Waals surface area contributed by atoms with Crippen molar-refractivity contribution >= 4 is 44.3 Å². The Morgan fingerprint density at radius 2 is 2.03 bits per heavy atom. The van der Waals surface area contributed by atoms with Gasteiger partial charge in [0.05, 0.1) is 17.0 Å². The summed E-state index contributed by atoms with van der Waals surface area (Å²) in [6.45, 7) is 4.06. The van der Waals surface area contributed by atoms with Gasteiger partial charge in [-0.15, -0.1) is 23.1 Å². The van der Waals surface area contributed by atoms with Crippen molar-refractivity contribution in [3.63, 3.8) is 0 Å². The fourth-order valence-electron chi connectivity index (χ4n) is 4.21. The van der Waals surface area contributed by atoms with Crippen LogP contribution in [0.5, 0.6) is 0 Å². The maximum Gasteiger partial charge on any atom is 0.169 e. The molecule has 0 atom stereocenters. The lowest BCUT2D eigenvalue weighted by atomic mass is 9.89. The van der Waals surface area contributed by atoms with Crippen LogP contribution < -0.4 is 0 Å². The van der Waals surface area contributed by atoms with Crippen LogP contribution in [0.15, 0.2) is 41.8 Å². The Morgan fingerprint density at radius 3 is 2.93 bits per heavy atom. The first-order valence-electron chi connectivity index (χ1n) is 9.94. The van der Waals surface area contributed by atoms with Gasteiger partial charge in [-0.2, -0.15) is 9.78 Å². The average Bonchev–Trinajstić information content (AvgIpc) is 3.35. The normalized spacial score (nSPS) is 13.0. The second kappa shape index (κ2) is 6.85. The van der Waals surface area contributed by atoms with Crippen LogP contribution in [0.25, 0.3) is 38.2 Å². The minimum absolute atomic E-state index is 0.741. The molecule has 0 bridgehead atoms. The van der Waals surface area contributed by atoms with Crippen molar-refractivity contribution < 1.29 is 0 Å². The van der Waals surface area contributed by atoms with Crippen molar-refractivity contribution in [1.82, 2.24) is 29.7 Å². The molecule has 1 aromatic carbocycles. The molecule has 0 fully saturated rings. The van der Waals surface area contributed by atoms with E-state index in [1.165, 1.54) is 21.6 Å². The zero-order valence-corrected chi connectivity index (χ0v) is 18.2. The van der Waals surface area contributed by atoms with Crippen LogP contribution in [0.3, 0.4) is 0 Å². The van der Waals surface area contributed by atoms with Crippen LogP contribution >= 0.6 is 23.1 Å². The van der Waals surface area contributed by atoms with Gasteiger partial charge in [0, 0.05) is 10.4 Å². The lowest BCUT2D eigenvalue weighted by Gasteiger charge is -2.17. The van der Waals surface area contributed by atoms with E-state index < -0.39 is 0 Å². The molecule has 0 amide bonds. The van der Waals surface area contributed by atoms with Gasteiger partial charge >= 0.3 is 0 Å². The van der Waals surface area contributed by atoms with Gasteiger partial charge < -0.3 is 0 Å². The number of thiophene rings is 1. The first-order valence-corrected chi connectivity index (χ1v) is 11.7. The Hall–Kier alpha value is -2.84. The number of nitrogens with zero attached hydrogens (tertiary/aromatic N) is 6. The molecular formula is C22H18N6S2. The number of fused-ring (bicyclic) bond motifs is 6. The van der Waals surface area contributed by atoms with E-state index >= 15 is 0 Å². The maximum absolute atomic E-state index is 4.85. The summed E-state index contributed by atoms with van der Waals surface area (Å²) in [5.41, 5.74) is 4.70. The third-order valence-electron chi connectivity index (χ3n) is 5.44. The number of rotatable bonds is 3. The lowest BCUT2D eigenvalue weighted by molar-refractivity contribution is 0.855. The summed E-state index contributed by atoms with van der Waals surface area (Å²) < 4.78 is 1.86. The summed E-state index contributed by atoms with van der Waals surface area (Å²) in [4.78, 5) is 21.0. The third-order valence-corrected chi connectivity index (χ3v) is 7.47. The molecule has 30 heavy (non-hydrogen) atoms. The van der Waals surface area contributed by atoms with E-state index in [-0.39, 0.29) is 0 Å². The molecule has 6 nitrogen and oxygen atoms in total. The molecule has 0 unspecified atom stereocenters. The lowest BCUT2D eigenvalue weighted by Crippen LogP contribution is -2.06. The molecule has 0 N–H and O–H groups in total. The Labute approximate surface area is 181 Å². The third kappa shape index (κ3) is 2.60. The Kier molecular flexibility index (Phi) is 4.10.